The minimum Gasteiger partial charge on any atom is -0.396 e. The highest BCUT2D eigenvalue weighted by atomic mass is 35.5. The van der Waals surface area contributed by atoms with Gasteiger partial charge in [0, 0.05) is 41.4 Å². The summed E-state index contributed by atoms with van der Waals surface area (Å²) in [7, 11) is 0. The van der Waals surface area contributed by atoms with E-state index in [1.807, 2.05) is 12.1 Å². The van der Waals surface area contributed by atoms with E-state index in [2.05, 4.69) is 18.7 Å². The summed E-state index contributed by atoms with van der Waals surface area (Å²) in [5, 5.41) is 10.4. The molecule has 1 N–H and O–H groups in total. The molecule has 1 aromatic rings. The van der Waals surface area contributed by atoms with Crippen LogP contribution in [0.5, 0.6) is 0 Å². The van der Waals surface area contributed by atoms with Crippen molar-refractivity contribution in [2.75, 3.05) is 25.4 Å². The number of aliphatic hydroxyl groups excluding tert-OH is 1. The first-order valence-corrected chi connectivity index (χ1v) is 8.21. The van der Waals surface area contributed by atoms with Crippen LogP contribution in [0.4, 0.5) is 0 Å². The van der Waals surface area contributed by atoms with Crippen LogP contribution < -0.4 is 0 Å². The van der Waals surface area contributed by atoms with E-state index in [1.54, 1.807) is 17.8 Å². The van der Waals surface area contributed by atoms with Gasteiger partial charge in [-0.05, 0) is 38.5 Å². The molecule has 5 heteroatoms. The second-order valence-corrected chi connectivity index (χ2v) is 6.61. The normalized spacial score (nSPS) is 11.5. The molecule has 0 unspecified atom stereocenters. The predicted octanol–water partition coefficient (Wildman–Crippen LogP) is 4.18. The molecule has 0 saturated heterocycles. The zero-order chi connectivity index (χ0) is 14.3. The zero-order valence-corrected chi connectivity index (χ0v) is 13.7. The van der Waals surface area contributed by atoms with E-state index >= 15 is 0 Å². The number of thioether (sulfide) groups is 1. The van der Waals surface area contributed by atoms with Crippen LogP contribution in [-0.2, 0) is 0 Å². The van der Waals surface area contributed by atoms with Crippen LogP contribution >= 0.6 is 35.0 Å². The first-order chi connectivity index (χ1) is 9.04. The fourth-order valence-electron chi connectivity index (χ4n) is 1.76. The third kappa shape index (κ3) is 6.37. The fourth-order valence-corrected chi connectivity index (χ4v) is 3.24. The summed E-state index contributed by atoms with van der Waals surface area (Å²) in [6.45, 7) is 6.50. The number of benzene rings is 1. The van der Waals surface area contributed by atoms with Gasteiger partial charge in [-0.3, -0.25) is 0 Å². The molecule has 0 radical (unpaired) electrons. The largest absolute Gasteiger partial charge is 0.396 e. The average molecular weight is 322 g/mol. The van der Waals surface area contributed by atoms with Crippen molar-refractivity contribution >= 4 is 35.0 Å². The maximum absolute atomic E-state index is 8.90. The predicted molar refractivity (Wildman–Crippen MR) is 85.6 cm³/mol. The molecule has 0 aliphatic carbocycles. The highest BCUT2D eigenvalue weighted by Crippen LogP contribution is 2.29. The van der Waals surface area contributed by atoms with Gasteiger partial charge < -0.3 is 10.0 Å². The van der Waals surface area contributed by atoms with E-state index in [4.69, 9.17) is 28.3 Å². The van der Waals surface area contributed by atoms with Gasteiger partial charge in [0.15, 0.2) is 0 Å². The Bertz CT molecular complexity index is 388. The molecule has 0 heterocycles. The smallest absolute Gasteiger partial charge is 0.0542 e. The average Bonchev–Trinajstić information content (AvgIpc) is 2.37. The number of rotatable bonds is 8. The highest BCUT2D eigenvalue weighted by Gasteiger charge is 2.09. The molecule has 0 bridgehead atoms. The molecule has 108 valence electrons. The maximum Gasteiger partial charge on any atom is 0.0542 e. The van der Waals surface area contributed by atoms with Crippen molar-refractivity contribution in [3.8, 4) is 0 Å². The third-order valence-electron chi connectivity index (χ3n) is 2.86. The Balaban J connectivity index is 2.44. The molecule has 2 nitrogen and oxygen atoms in total. The minimum atomic E-state index is 0.247. The van der Waals surface area contributed by atoms with Crippen molar-refractivity contribution in [1.82, 2.24) is 4.90 Å². The number of halogens is 2. The summed E-state index contributed by atoms with van der Waals surface area (Å²) >= 11 is 13.8. The van der Waals surface area contributed by atoms with Gasteiger partial charge in [0.1, 0.15) is 0 Å². The number of hydrogen-bond acceptors (Lipinski definition) is 3. The molecule has 0 aliphatic heterocycles. The van der Waals surface area contributed by atoms with E-state index in [1.165, 1.54) is 0 Å². The van der Waals surface area contributed by atoms with Gasteiger partial charge in [0.25, 0.3) is 0 Å². The van der Waals surface area contributed by atoms with Crippen LogP contribution in [0.1, 0.15) is 20.3 Å². The first kappa shape index (κ1) is 17.1. The van der Waals surface area contributed by atoms with Crippen LogP contribution in [0.25, 0.3) is 0 Å². The quantitative estimate of drug-likeness (QED) is 0.726. The van der Waals surface area contributed by atoms with Crippen molar-refractivity contribution in [3.63, 3.8) is 0 Å². The fraction of sp³-hybridized carbons (Fsp3) is 0.571. The molecule has 19 heavy (non-hydrogen) atoms. The molecule has 0 aliphatic rings. The van der Waals surface area contributed by atoms with E-state index in [0.717, 1.165) is 35.2 Å². The van der Waals surface area contributed by atoms with E-state index < -0.39 is 0 Å². The van der Waals surface area contributed by atoms with Crippen LogP contribution in [0, 0.1) is 0 Å². The van der Waals surface area contributed by atoms with Crippen molar-refractivity contribution < 1.29 is 5.11 Å². The summed E-state index contributed by atoms with van der Waals surface area (Å²) < 4.78 is 0. The van der Waals surface area contributed by atoms with E-state index in [0.29, 0.717) is 11.1 Å². The molecule has 0 aromatic heterocycles. The van der Waals surface area contributed by atoms with Gasteiger partial charge in [-0.1, -0.05) is 23.2 Å². The summed E-state index contributed by atoms with van der Waals surface area (Å²) in [5.74, 6) is 0.962. The van der Waals surface area contributed by atoms with Crippen molar-refractivity contribution in [3.05, 3.63) is 28.2 Å². The van der Waals surface area contributed by atoms with Gasteiger partial charge in [-0.15, -0.1) is 11.8 Å². The van der Waals surface area contributed by atoms with Crippen LogP contribution in [-0.4, -0.2) is 41.5 Å². The van der Waals surface area contributed by atoms with Crippen LogP contribution in [0.2, 0.25) is 10.0 Å². The summed E-state index contributed by atoms with van der Waals surface area (Å²) in [5.41, 5.74) is 0. The monoisotopic (exact) mass is 321 g/mol. The van der Waals surface area contributed by atoms with Crippen molar-refractivity contribution in [1.29, 1.82) is 0 Å². The third-order valence-corrected chi connectivity index (χ3v) is 4.58. The minimum absolute atomic E-state index is 0.247. The van der Waals surface area contributed by atoms with Crippen LogP contribution in [0.15, 0.2) is 23.1 Å². The Kier molecular flexibility index (Phi) is 8.19. The Morgan fingerprint density at radius 3 is 2.63 bits per heavy atom. The number of hydrogen-bond donors (Lipinski definition) is 1. The molecule has 0 spiro atoms. The Hall–Kier alpha value is 0.0700. The topological polar surface area (TPSA) is 23.5 Å². The molecular formula is C14H21Cl2NOS. The van der Waals surface area contributed by atoms with Gasteiger partial charge >= 0.3 is 0 Å². The molecular weight excluding hydrogens is 301 g/mol. The maximum atomic E-state index is 8.90. The lowest BCUT2D eigenvalue weighted by molar-refractivity contribution is 0.201. The second-order valence-electron chi connectivity index (χ2n) is 4.63. The summed E-state index contributed by atoms with van der Waals surface area (Å²) in [4.78, 5) is 3.39. The van der Waals surface area contributed by atoms with Gasteiger partial charge in [0.05, 0.1) is 5.02 Å². The lowest BCUT2D eigenvalue weighted by atomic mass is 10.3. The van der Waals surface area contributed by atoms with Crippen LogP contribution in [0.3, 0.4) is 0 Å². The SMILES string of the molecule is CC(C)N(CCCO)CCSc1cc(Cl)ccc1Cl. The second kappa shape index (κ2) is 9.09. The van der Waals surface area contributed by atoms with Gasteiger partial charge in [-0.2, -0.15) is 0 Å². The van der Waals surface area contributed by atoms with Gasteiger partial charge in [-0.25, -0.2) is 0 Å². The lowest BCUT2D eigenvalue weighted by Crippen LogP contribution is -2.34. The Morgan fingerprint density at radius 1 is 1.26 bits per heavy atom. The zero-order valence-electron chi connectivity index (χ0n) is 11.4. The Morgan fingerprint density at radius 2 is 2.00 bits per heavy atom. The van der Waals surface area contributed by atoms with Crippen molar-refractivity contribution in [2.24, 2.45) is 0 Å². The molecule has 1 aromatic carbocycles. The summed E-state index contributed by atoms with van der Waals surface area (Å²) in [6.07, 6.45) is 0.820. The molecule has 0 atom stereocenters. The lowest BCUT2D eigenvalue weighted by Gasteiger charge is -2.26. The van der Waals surface area contributed by atoms with E-state index in [-0.39, 0.29) is 6.61 Å². The highest BCUT2D eigenvalue weighted by molar-refractivity contribution is 7.99. The molecule has 0 amide bonds. The molecule has 0 fully saturated rings. The summed E-state index contributed by atoms with van der Waals surface area (Å²) in [6, 6.07) is 6.03. The number of nitrogens with zero attached hydrogens (tertiary/aromatic N) is 1. The standard InChI is InChI=1S/C14H21Cl2NOS/c1-11(2)17(6-3-8-18)7-9-19-14-10-12(15)4-5-13(14)16/h4-5,10-11,18H,3,6-9H2,1-2H3. The molecule has 1 rings (SSSR count). The van der Waals surface area contributed by atoms with Crippen molar-refractivity contribution in [2.45, 2.75) is 31.2 Å². The molecule has 0 saturated carbocycles. The van der Waals surface area contributed by atoms with E-state index in [9.17, 15) is 0 Å². The first-order valence-electron chi connectivity index (χ1n) is 6.47. The van der Waals surface area contributed by atoms with Gasteiger partial charge in [0.2, 0.25) is 0 Å². The number of aliphatic hydroxyl groups is 1. The Labute approximate surface area is 130 Å².